The summed E-state index contributed by atoms with van der Waals surface area (Å²) in [5.74, 6) is -2.43. The van der Waals surface area contributed by atoms with Gasteiger partial charge in [0.1, 0.15) is 5.82 Å². The van der Waals surface area contributed by atoms with Gasteiger partial charge in [-0.3, -0.25) is 14.3 Å². The topological polar surface area (TPSA) is 75.4 Å². The number of allylic oxidation sites excluding steroid dienone is 5. The fourth-order valence-electron chi connectivity index (χ4n) is 4.78. The zero-order valence-corrected chi connectivity index (χ0v) is 19.2. The summed E-state index contributed by atoms with van der Waals surface area (Å²) in [6, 6.07) is 3.98. The van der Waals surface area contributed by atoms with Gasteiger partial charge in [-0.05, 0) is 62.0 Å². The van der Waals surface area contributed by atoms with Gasteiger partial charge < -0.3 is 10.0 Å². The third-order valence-corrected chi connectivity index (χ3v) is 6.48. The Morgan fingerprint density at radius 1 is 1.21 bits per heavy atom. The van der Waals surface area contributed by atoms with E-state index < -0.39 is 34.9 Å². The van der Waals surface area contributed by atoms with Gasteiger partial charge in [-0.2, -0.15) is 5.10 Å². The number of nitrogens with zero attached hydrogens (tertiary/aromatic N) is 3. The predicted molar refractivity (Wildman–Crippen MR) is 125 cm³/mol. The van der Waals surface area contributed by atoms with Crippen LogP contribution in [0.5, 0.6) is 5.75 Å². The molecule has 178 valence electrons. The summed E-state index contributed by atoms with van der Waals surface area (Å²) in [6.07, 6.45) is 6.51. The fourth-order valence-corrected chi connectivity index (χ4v) is 4.78. The van der Waals surface area contributed by atoms with E-state index in [2.05, 4.69) is 11.7 Å². The maximum atomic E-state index is 15.0. The van der Waals surface area contributed by atoms with Crippen molar-refractivity contribution in [2.24, 2.45) is 0 Å². The summed E-state index contributed by atoms with van der Waals surface area (Å²) in [6.45, 7) is 8.08. The highest BCUT2D eigenvalue weighted by atomic mass is 19.1. The van der Waals surface area contributed by atoms with Crippen molar-refractivity contribution in [3.8, 4) is 5.75 Å². The highest BCUT2D eigenvalue weighted by molar-refractivity contribution is 5.96. The van der Waals surface area contributed by atoms with Crippen LogP contribution in [0.4, 0.5) is 8.78 Å². The van der Waals surface area contributed by atoms with E-state index in [0.717, 1.165) is 6.20 Å². The van der Waals surface area contributed by atoms with Crippen molar-refractivity contribution in [2.45, 2.75) is 51.1 Å². The normalized spacial score (nSPS) is 23.6. The van der Waals surface area contributed by atoms with Crippen LogP contribution in [0.2, 0.25) is 0 Å². The van der Waals surface area contributed by atoms with Crippen LogP contribution in [0.3, 0.4) is 0 Å². The van der Waals surface area contributed by atoms with Gasteiger partial charge in [-0.15, -0.1) is 0 Å². The Kier molecular flexibility index (Phi) is 6.50. The molecule has 1 N–H and O–H groups in total. The first-order valence-corrected chi connectivity index (χ1v) is 11.3. The van der Waals surface area contributed by atoms with Crippen molar-refractivity contribution in [2.75, 3.05) is 6.54 Å². The molecule has 8 heteroatoms. The zero-order valence-electron chi connectivity index (χ0n) is 19.2. The lowest BCUT2D eigenvalue weighted by molar-refractivity contribution is 0.0569. The highest BCUT2D eigenvalue weighted by Gasteiger charge is 2.41. The molecule has 0 radical (unpaired) electrons. The third-order valence-electron chi connectivity index (χ3n) is 6.48. The predicted octanol–water partition coefficient (Wildman–Crippen LogP) is 4.58. The molecule has 2 atom stereocenters. The molecule has 0 bridgehead atoms. The second-order valence-electron chi connectivity index (χ2n) is 8.96. The zero-order chi connectivity index (χ0) is 24.6. The Morgan fingerprint density at radius 3 is 2.71 bits per heavy atom. The van der Waals surface area contributed by atoms with Crippen molar-refractivity contribution in [3.05, 3.63) is 93.5 Å². The molecular weight excluding hydrogens is 440 g/mol. The smallest absolute Gasteiger partial charge is 0.276 e. The van der Waals surface area contributed by atoms with Gasteiger partial charge in [-0.1, -0.05) is 30.9 Å². The molecule has 0 saturated carbocycles. The average Bonchev–Trinajstić information content (AvgIpc) is 2.81. The Hall–Kier alpha value is -3.55. The standard InChI is InChI=1S/C26H27F2N3O3/c1-15(2)30-14-21(31-24(26(30)34)25(33)22(32)13-29-31)23-16(3)7-4-8-17(27)9-5-10-18-19(23)11-6-12-20(18)28/h4,6-8,11-13,15,21,23,33H,3,5,9-10,14H2,1-2H3/b7-4-,17-8+. The van der Waals surface area contributed by atoms with Gasteiger partial charge >= 0.3 is 0 Å². The molecule has 2 aromatic rings. The lowest BCUT2D eigenvalue weighted by Gasteiger charge is -2.41. The first-order valence-electron chi connectivity index (χ1n) is 11.3. The van der Waals surface area contributed by atoms with Gasteiger partial charge in [-0.25, -0.2) is 8.78 Å². The van der Waals surface area contributed by atoms with Crippen LogP contribution in [0, 0.1) is 5.82 Å². The number of carbonyl (C=O) groups is 1. The molecule has 2 heterocycles. The number of benzene rings is 1. The molecule has 1 aromatic heterocycles. The molecule has 1 aromatic carbocycles. The highest BCUT2D eigenvalue weighted by Crippen LogP contribution is 2.42. The van der Waals surface area contributed by atoms with Crippen LogP contribution < -0.4 is 5.43 Å². The van der Waals surface area contributed by atoms with Gasteiger partial charge in [0.05, 0.1) is 18.1 Å². The number of carbonyl (C=O) groups excluding carboxylic acids is 1. The van der Waals surface area contributed by atoms with Crippen molar-refractivity contribution < 1.29 is 18.7 Å². The van der Waals surface area contributed by atoms with Crippen LogP contribution in [-0.2, 0) is 6.42 Å². The lowest BCUT2D eigenvalue weighted by atomic mass is 9.80. The number of hydrogen-bond acceptors (Lipinski definition) is 4. The van der Waals surface area contributed by atoms with E-state index in [-0.39, 0.29) is 30.5 Å². The monoisotopic (exact) mass is 467 g/mol. The molecule has 4 rings (SSSR count). The van der Waals surface area contributed by atoms with Crippen molar-refractivity contribution in [1.82, 2.24) is 14.7 Å². The van der Waals surface area contributed by atoms with E-state index in [0.29, 0.717) is 29.5 Å². The first-order chi connectivity index (χ1) is 16.2. The van der Waals surface area contributed by atoms with Crippen LogP contribution in [-0.4, -0.2) is 38.3 Å². The summed E-state index contributed by atoms with van der Waals surface area (Å²) in [7, 11) is 0. The maximum absolute atomic E-state index is 15.0. The summed E-state index contributed by atoms with van der Waals surface area (Å²) in [4.78, 5) is 26.9. The van der Waals surface area contributed by atoms with Crippen molar-refractivity contribution in [3.63, 3.8) is 0 Å². The van der Waals surface area contributed by atoms with Crippen molar-refractivity contribution >= 4 is 5.91 Å². The van der Waals surface area contributed by atoms with E-state index in [1.165, 1.54) is 16.8 Å². The fraction of sp³-hybridized carbons (Fsp3) is 0.346. The second-order valence-corrected chi connectivity index (χ2v) is 8.96. The van der Waals surface area contributed by atoms with E-state index in [1.807, 2.05) is 19.9 Å². The number of halogens is 2. The average molecular weight is 468 g/mol. The largest absolute Gasteiger partial charge is 0.502 e. The number of aromatic hydroxyl groups is 1. The number of aromatic nitrogens is 2. The number of amides is 1. The quantitative estimate of drug-likeness (QED) is 0.702. The van der Waals surface area contributed by atoms with E-state index >= 15 is 4.39 Å². The number of fused-ring (bicyclic) bond motifs is 2. The Bertz CT molecular complexity index is 1260. The first kappa shape index (κ1) is 23.6. The minimum absolute atomic E-state index is 0.188. The van der Waals surface area contributed by atoms with Gasteiger partial charge in [0, 0.05) is 18.5 Å². The molecule has 34 heavy (non-hydrogen) atoms. The van der Waals surface area contributed by atoms with Crippen LogP contribution in [0.15, 0.2) is 65.4 Å². The van der Waals surface area contributed by atoms with Gasteiger partial charge in [0.2, 0.25) is 5.43 Å². The molecule has 0 fully saturated rings. The van der Waals surface area contributed by atoms with Crippen LogP contribution in [0.25, 0.3) is 0 Å². The Balaban J connectivity index is 1.97. The molecule has 0 saturated heterocycles. The lowest BCUT2D eigenvalue weighted by Crippen LogP contribution is -2.49. The maximum Gasteiger partial charge on any atom is 0.276 e. The number of rotatable bonds is 2. The van der Waals surface area contributed by atoms with E-state index in [4.69, 9.17) is 0 Å². The van der Waals surface area contributed by atoms with Gasteiger partial charge in [0.15, 0.2) is 11.4 Å². The molecule has 1 amide bonds. The van der Waals surface area contributed by atoms with E-state index in [1.54, 1.807) is 23.1 Å². The molecular formula is C26H27F2N3O3. The van der Waals surface area contributed by atoms with Gasteiger partial charge in [0.25, 0.3) is 5.91 Å². The van der Waals surface area contributed by atoms with Crippen LogP contribution in [0.1, 0.15) is 60.3 Å². The summed E-state index contributed by atoms with van der Waals surface area (Å²) in [5, 5.41) is 14.7. The second kappa shape index (κ2) is 9.37. The molecule has 1 aliphatic carbocycles. The molecule has 6 nitrogen and oxygen atoms in total. The number of hydrogen-bond donors (Lipinski definition) is 1. The summed E-state index contributed by atoms with van der Waals surface area (Å²) >= 11 is 0. The molecule has 2 aliphatic rings. The Labute approximate surface area is 196 Å². The third kappa shape index (κ3) is 4.20. The van der Waals surface area contributed by atoms with Crippen molar-refractivity contribution in [1.29, 1.82) is 0 Å². The Morgan fingerprint density at radius 2 is 1.97 bits per heavy atom. The van der Waals surface area contributed by atoms with Crippen LogP contribution >= 0.6 is 0 Å². The van der Waals surface area contributed by atoms with E-state index in [9.17, 15) is 19.1 Å². The summed E-state index contributed by atoms with van der Waals surface area (Å²) in [5.41, 5.74) is 0.721. The molecule has 0 spiro atoms. The minimum atomic E-state index is -0.753. The minimum Gasteiger partial charge on any atom is -0.502 e. The SMILES string of the molecule is C=C1/C=C\C=C(\F)CCCc2c(F)cccc2C1C1CN(C(C)C)C(=O)c2c(O)c(=O)cnn21. The molecule has 1 aliphatic heterocycles. The summed E-state index contributed by atoms with van der Waals surface area (Å²) < 4.78 is 30.6. The molecule has 2 unspecified atom stereocenters.